The molecule has 0 fully saturated rings. The van der Waals surface area contributed by atoms with Crippen molar-refractivity contribution in [3.05, 3.63) is 28.0 Å². The summed E-state index contributed by atoms with van der Waals surface area (Å²) in [6, 6.07) is 2.04. The molecule has 0 unspecified atom stereocenters. The summed E-state index contributed by atoms with van der Waals surface area (Å²) in [7, 11) is 0. The molecule has 0 aliphatic rings. The van der Waals surface area contributed by atoms with E-state index in [1.807, 2.05) is 31.4 Å². The van der Waals surface area contributed by atoms with E-state index in [2.05, 4.69) is 5.32 Å². The SMILES string of the molecule is CCNC(=O)C=Cc1sccc1C. The van der Waals surface area contributed by atoms with E-state index in [-0.39, 0.29) is 5.91 Å². The molecule has 0 aromatic carbocycles. The molecule has 1 aromatic rings. The smallest absolute Gasteiger partial charge is 0.244 e. The Morgan fingerprint density at radius 2 is 2.46 bits per heavy atom. The van der Waals surface area contributed by atoms with Crippen molar-refractivity contribution < 1.29 is 4.79 Å². The molecule has 0 spiro atoms. The zero-order valence-electron chi connectivity index (χ0n) is 7.83. The first-order valence-corrected chi connectivity index (χ1v) is 5.12. The monoisotopic (exact) mass is 195 g/mol. The molecule has 0 aliphatic heterocycles. The van der Waals surface area contributed by atoms with Gasteiger partial charge in [-0.05, 0) is 36.9 Å². The van der Waals surface area contributed by atoms with Crippen molar-refractivity contribution in [1.82, 2.24) is 5.32 Å². The third kappa shape index (κ3) is 3.03. The average molecular weight is 195 g/mol. The van der Waals surface area contributed by atoms with Gasteiger partial charge in [-0.15, -0.1) is 11.3 Å². The van der Waals surface area contributed by atoms with Crippen molar-refractivity contribution in [2.45, 2.75) is 13.8 Å². The lowest BCUT2D eigenvalue weighted by Gasteiger charge is -1.94. The van der Waals surface area contributed by atoms with E-state index < -0.39 is 0 Å². The molecule has 13 heavy (non-hydrogen) atoms. The Labute approximate surface area is 82.3 Å². The van der Waals surface area contributed by atoms with Crippen LogP contribution in [0.4, 0.5) is 0 Å². The summed E-state index contributed by atoms with van der Waals surface area (Å²) in [5.74, 6) is -0.0321. The number of thiophene rings is 1. The number of hydrogen-bond donors (Lipinski definition) is 1. The van der Waals surface area contributed by atoms with Crippen LogP contribution in [0.5, 0.6) is 0 Å². The average Bonchev–Trinajstić information content (AvgIpc) is 2.48. The van der Waals surface area contributed by atoms with Gasteiger partial charge in [0.25, 0.3) is 0 Å². The summed E-state index contributed by atoms with van der Waals surface area (Å²) in [6.07, 6.45) is 3.42. The zero-order chi connectivity index (χ0) is 9.68. The molecular weight excluding hydrogens is 182 g/mol. The Balaban J connectivity index is 2.58. The van der Waals surface area contributed by atoms with Gasteiger partial charge in [0.1, 0.15) is 0 Å². The number of carbonyl (C=O) groups excluding carboxylic acids is 1. The second-order valence-electron chi connectivity index (χ2n) is 2.70. The van der Waals surface area contributed by atoms with Gasteiger partial charge in [-0.2, -0.15) is 0 Å². The number of aryl methyl sites for hydroxylation is 1. The molecule has 1 rings (SSSR count). The van der Waals surface area contributed by atoms with Gasteiger partial charge in [0.15, 0.2) is 0 Å². The van der Waals surface area contributed by atoms with Crippen molar-refractivity contribution in [1.29, 1.82) is 0 Å². The van der Waals surface area contributed by atoms with Crippen LogP contribution in [0.2, 0.25) is 0 Å². The molecule has 0 aliphatic carbocycles. The first-order valence-electron chi connectivity index (χ1n) is 4.24. The van der Waals surface area contributed by atoms with E-state index in [9.17, 15) is 4.79 Å². The summed E-state index contributed by atoms with van der Waals surface area (Å²) in [5.41, 5.74) is 1.21. The molecule has 3 heteroatoms. The van der Waals surface area contributed by atoms with Gasteiger partial charge >= 0.3 is 0 Å². The lowest BCUT2D eigenvalue weighted by molar-refractivity contribution is -0.116. The van der Waals surface area contributed by atoms with Gasteiger partial charge in [-0.25, -0.2) is 0 Å². The maximum atomic E-state index is 11.1. The van der Waals surface area contributed by atoms with Crippen LogP contribution in [-0.2, 0) is 4.79 Å². The first kappa shape index (κ1) is 9.99. The number of nitrogens with one attached hydrogen (secondary N) is 1. The Kier molecular flexibility index (Phi) is 3.71. The zero-order valence-corrected chi connectivity index (χ0v) is 8.65. The standard InChI is InChI=1S/C10H13NOS/c1-3-11-10(12)5-4-9-8(2)6-7-13-9/h4-7H,3H2,1-2H3,(H,11,12). The van der Waals surface area contributed by atoms with Gasteiger partial charge in [-0.3, -0.25) is 4.79 Å². The number of rotatable bonds is 3. The minimum absolute atomic E-state index is 0.0321. The second-order valence-corrected chi connectivity index (χ2v) is 3.64. The van der Waals surface area contributed by atoms with Crippen LogP contribution in [-0.4, -0.2) is 12.5 Å². The van der Waals surface area contributed by atoms with E-state index in [0.29, 0.717) is 6.54 Å². The number of hydrogen-bond acceptors (Lipinski definition) is 2. The van der Waals surface area contributed by atoms with E-state index in [0.717, 1.165) is 4.88 Å². The van der Waals surface area contributed by atoms with Crippen LogP contribution < -0.4 is 5.32 Å². The molecule has 0 radical (unpaired) electrons. The van der Waals surface area contributed by atoms with Gasteiger partial charge in [0.05, 0.1) is 0 Å². The Bertz CT molecular complexity index is 314. The lowest BCUT2D eigenvalue weighted by atomic mass is 10.3. The topological polar surface area (TPSA) is 29.1 Å². The molecule has 2 nitrogen and oxygen atoms in total. The van der Waals surface area contributed by atoms with Crippen LogP contribution >= 0.6 is 11.3 Å². The lowest BCUT2D eigenvalue weighted by Crippen LogP contribution is -2.19. The van der Waals surface area contributed by atoms with Crippen LogP contribution in [0.3, 0.4) is 0 Å². The maximum Gasteiger partial charge on any atom is 0.244 e. The molecule has 0 atom stereocenters. The minimum atomic E-state index is -0.0321. The summed E-state index contributed by atoms with van der Waals surface area (Å²) in [5, 5.41) is 4.73. The quantitative estimate of drug-likeness (QED) is 0.736. The minimum Gasteiger partial charge on any atom is -0.353 e. The third-order valence-electron chi connectivity index (χ3n) is 1.64. The fourth-order valence-corrected chi connectivity index (χ4v) is 1.76. The van der Waals surface area contributed by atoms with Gasteiger partial charge in [-0.1, -0.05) is 0 Å². The van der Waals surface area contributed by atoms with Crippen LogP contribution in [0.15, 0.2) is 17.5 Å². The molecule has 70 valence electrons. The maximum absolute atomic E-state index is 11.1. The van der Waals surface area contributed by atoms with Crippen LogP contribution in [0.25, 0.3) is 6.08 Å². The van der Waals surface area contributed by atoms with Crippen molar-refractivity contribution in [3.63, 3.8) is 0 Å². The van der Waals surface area contributed by atoms with E-state index in [4.69, 9.17) is 0 Å². The highest BCUT2D eigenvalue weighted by Gasteiger charge is 1.95. The molecular formula is C10H13NOS. The third-order valence-corrected chi connectivity index (χ3v) is 2.62. The van der Waals surface area contributed by atoms with Crippen molar-refractivity contribution in [3.8, 4) is 0 Å². The predicted molar refractivity (Wildman–Crippen MR) is 56.8 cm³/mol. The fourth-order valence-electron chi connectivity index (χ4n) is 0.940. The molecule has 0 saturated carbocycles. The summed E-state index contributed by atoms with van der Waals surface area (Å²) < 4.78 is 0. The summed E-state index contributed by atoms with van der Waals surface area (Å²) >= 11 is 1.64. The molecule has 0 bridgehead atoms. The van der Waals surface area contributed by atoms with Gasteiger partial charge in [0, 0.05) is 17.5 Å². The molecule has 1 heterocycles. The number of amides is 1. The van der Waals surface area contributed by atoms with Gasteiger partial charge < -0.3 is 5.32 Å². The molecule has 1 aromatic heterocycles. The number of likely N-dealkylation sites (N-methyl/N-ethyl adjacent to an activating group) is 1. The highest BCUT2D eigenvalue weighted by Crippen LogP contribution is 2.16. The highest BCUT2D eigenvalue weighted by molar-refractivity contribution is 7.11. The fraction of sp³-hybridized carbons (Fsp3) is 0.300. The van der Waals surface area contributed by atoms with E-state index in [1.165, 1.54) is 5.56 Å². The Morgan fingerprint density at radius 3 is 3.00 bits per heavy atom. The van der Waals surface area contributed by atoms with Crippen LogP contribution in [0.1, 0.15) is 17.4 Å². The molecule has 1 amide bonds. The van der Waals surface area contributed by atoms with Gasteiger partial charge in [0.2, 0.25) is 5.91 Å². The van der Waals surface area contributed by atoms with Crippen molar-refractivity contribution in [2.75, 3.05) is 6.54 Å². The van der Waals surface area contributed by atoms with Crippen molar-refractivity contribution >= 4 is 23.3 Å². The van der Waals surface area contributed by atoms with Crippen LogP contribution in [0, 0.1) is 6.92 Å². The Hall–Kier alpha value is -1.09. The molecule has 0 saturated heterocycles. The second kappa shape index (κ2) is 4.82. The normalized spacial score (nSPS) is 10.6. The summed E-state index contributed by atoms with van der Waals surface area (Å²) in [4.78, 5) is 12.2. The molecule has 1 N–H and O–H groups in total. The largest absolute Gasteiger partial charge is 0.353 e. The predicted octanol–water partition coefficient (Wildman–Crippen LogP) is 2.21. The first-order chi connectivity index (χ1) is 6.24. The Morgan fingerprint density at radius 1 is 1.69 bits per heavy atom. The van der Waals surface area contributed by atoms with E-state index >= 15 is 0 Å². The number of carbonyl (C=O) groups is 1. The highest BCUT2D eigenvalue weighted by atomic mass is 32.1. The van der Waals surface area contributed by atoms with E-state index in [1.54, 1.807) is 17.4 Å². The summed E-state index contributed by atoms with van der Waals surface area (Å²) in [6.45, 7) is 4.61. The van der Waals surface area contributed by atoms with Crippen molar-refractivity contribution in [2.24, 2.45) is 0 Å².